The summed E-state index contributed by atoms with van der Waals surface area (Å²) in [5.41, 5.74) is 1.20. The van der Waals surface area contributed by atoms with Crippen LogP contribution in [0.4, 0.5) is 5.82 Å². The van der Waals surface area contributed by atoms with Crippen LogP contribution >= 0.6 is 15.9 Å². The lowest BCUT2D eigenvalue weighted by atomic mass is 10.2. The van der Waals surface area contributed by atoms with Gasteiger partial charge in [-0.3, -0.25) is 0 Å². The van der Waals surface area contributed by atoms with Crippen LogP contribution in [0.3, 0.4) is 0 Å². The minimum absolute atomic E-state index is 0.443. The Morgan fingerprint density at radius 2 is 2.21 bits per heavy atom. The highest BCUT2D eigenvalue weighted by Gasteiger charge is 2.07. The van der Waals surface area contributed by atoms with Gasteiger partial charge in [0.1, 0.15) is 5.82 Å². The first-order valence-electron chi connectivity index (χ1n) is 4.92. The smallest absolute Gasteiger partial charge is 0.129 e. The minimum Gasteiger partial charge on any atom is -0.367 e. The lowest BCUT2D eigenvalue weighted by molar-refractivity contribution is 0.704. The molecule has 0 saturated carbocycles. The minimum atomic E-state index is 0.443. The summed E-state index contributed by atoms with van der Waals surface area (Å²) in [5.74, 6) is 0.994. The zero-order chi connectivity index (χ0) is 10.6. The Kier molecular flexibility index (Phi) is 4.39. The summed E-state index contributed by atoms with van der Waals surface area (Å²) in [6.07, 6.45) is 2.91. The molecule has 1 N–H and O–H groups in total. The topological polar surface area (TPSA) is 24.9 Å². The van der Waals surface area contributed by atoms with Crippen molar-refractivity contribution in [3.8, 4) is 0 Å². The second-order valence-electron chi connectivity index (χ2n) is 3.73. The monoisotopic (exact) mass is 256 g/mol. The molecule has 2 unspecified atom stereocenters. The lowest BCUT2D eigenvalue weighted by Gasteiger charge is -2.16. The third-order valence-electron chi connectivity index (χ3n) is 2.07. The van der Waals surface area contributed by atoms with Crippen molar-refractivity contribution in [2.24, 2.45) is 0 Å². The third kappa shape index (κ3) is 3.66. The maximum atomic E-state index is 4.30. The molecule has 0 saturated heterocycles. The van der Waals surface area contributed by atoms with Crippen LogP contribution in [0.15, 0.2) is 18.3 Å². The Morgan fingerprint density at radius 1 is 1.50 bits per heavy atom. The summed E-state index contributed by atoms with van der Waals surface area (Å²) >= 11 is 3.55. The Balaban J connectivity index is 2.56. The van der Waals surface area contributed by atoms with Gasteiger partial charge < -0.3 is 5.32 Å². The molecule has 14 heavy (non-hydrogen) atoms. The van der Waals surface area contributed by atoms with Crippen LogP contribution in [0.25, 0.3) is 0 Å². The molecule has 0 bridgehead atoms. The fourth-order valence-electron chi connectivity index (χ4n) is 1.42. The number of halogens is 1. The Morgan fingerprint density at radius 3 is 2.79 bits per heavy atom. The summed E-state index contributed by atoms with van der Waals surface area (Å²) in [6.45, 7) is 6.40. The van der Waals surface area contributed by atoms with Gasteiger partial charge in [0.15, 0.2) is 0 Å². The maximum absolute atomic E-state index is 4.30. The molecule has 0 amide bonds. The molecule has 1 aromatic rings. The van der Waals surface area contributed by atoms with Crippen molar-refractivity contribution in [2.45, 2.75) is 38.1 Å². The highest BCUT2D eigenvalue weighted by molar-refractivity contribution is 9.09. The molecule has 3 heteroatoms. The summed E-state index contributed by atoms with van der Waals surface area (Å²) in [4.78, 5) is 4.84. The van der Waals surface area contributed by atoms with E-state index in [9.17, 15) is 0 Å². The number of aryl methyl sites for hydroxylation is 1. The first kappa shape index (κ1) is 11.5. The second-order valence-corrected chi connectivity index (χ2v) is 5.29. The number of rotatable bonds is 4. The van der Waals surface area contributed by atoms with Gasteiger partial charge in [-0.2, -0.15) is 0 Å². The number of alkyl halides is 1. The van der Waals surface area contributed by atoms with E-state index in [-0.39, 0.29) is 0 Å². The second kappa shape index (κ2) is 5.35. The molecule has 0 radical (unpaired) electrons. The largest absolute Gasteiger partial charge is 0.367 e. The summed E-state index contributed by atoms with van der Waals surface area (Å²) in [6, 6.07) is 4.47. The van der Waals surface area contributed by atoms with Crippen molar-refractivity contribution in [3.05, 3.63) is 23.9 Å². The fourth-order valence-corrected chi connectivity index (χ4v) is 1.98. The van der Waals surface area contributed by atoms with Crippen molar-refractivity contribution in [1.82, 2.24) is 4.98 Å². The number of pyridine rings is 1. The van der Waals surface area contributed by atoms with Crippen molar-refractivity contribution in [2.75, 3.05) is 5.32 Å². The van der Waals surface area contributed by atoms with Gasteiger partial charge in [0, 0.05) is 17.1 Å². The maximum Gasteiger partial charge on any atom is 0.129 e. The predicted octanol–water partition coefficient (Wildman–Crippen LogP) is 3.36. The van der Waals surface area contributed by atoms with Gasteiger partial charge in [0.25, 0.3) is 0 Å². The van der Waals surface area contributed by atoms with Crippen LogP contribution in [0.2, 0.25) is 0 Å². The Hall–Kier alpha value is -0.570. The molecule has 0 aromatic carbocycles. The van der Waals surface area contributed by atoms with Crippen molar-refractivity contribution in [1.29, 1.82) is 0 Å². The first-order chi connectivity index (χ1) is 6.59. The van der Waals surface area contributed by atoms with Crippen molar-refractivity contribution >= 4 is 21.7 Å². The quantitative estimate of drug-likeness (QED) is 0.836. The molecule has 0 aliphatic heterocycles. The van der Waals surface area contributed by atoms with Crippen molar-refractivity contribution in [3.63, 3.8) is 0 Å². The van der Waals surface area contributed by atoms with Crippen LogP contribution in [-0.4, -0.2) is 15.9 Å². The molecule has 2 nitrogen and oxygen atoms in total. The first-order valence-corrected chi connectivity index (χ1v) is 5.83. The van der Waals surface area contributed by atoms with E-state index < -0.39 is 0 Å². The zero-order valence-corrected chi connectivity index (χ0v) is 10.5. The van der Waals surface area contributed by atoms with Gasteiger partial charge in [0.2, 0.25) is 0 Å². The van der Waals surface area contributed by atoms with E-state index in [4.69, 9.17) is 0 Å². The van der Waals surface area contributed by atoms with Crippen LogP contribution in [0.1, 0.15) is 25.8 Å². The number of hydrogen-bond donors (Lipinski definition) is 1. The van der Waals surface area contributed by atoms with Gasteiger partial charge in [-0.15, -0.1) is 0 Å². The van der Waals surface area contributed by atoms with Gasteiger partial charge in [0.05, 0.1) is 0 Å². The van der Waals surface area contributed by atoms with Crippen LogP contribution in [0.5, 0.6) is 0 Å². The van der Waals surface area contributed by atoms with E-state index in [1.54, 1.807) is 0 Å². The average molecular weight is 257 g/mol. The zero-order valence-electron chi connectivity index (χ0n) is 8.92. The molecular formula is C11H17BrN2. The normalized spacial score (nSPS) is 14.9. The van der Waals surface area contributed by atoms with Crippen LogP contribution in [-0.2, 0) is 0 Å². The van der Waals surface area contributed by atoms with E-state index >= 15 is 0 Å². The number of aromatic nitrogens is 1. The van der Waals surface area contributed by atoms with Crippen molar-refractivity contribution < 1.29 is 0 Å². The molecule has 1 rings (SSSR count). The van der Waals surface area contributed by atoms with E-state index in [0.717, 1.165) is 12.2 Å². The fraction of sp³-hybridized carbons (Fsp3) is 0.545. The summed E-state index contributed by atoms with van der Waals surface area (Å²) < 4.78 is 0. The standard InChI is InChI=1S/C11H17BrN2/c1-8-5-4-6-13-11(8)14-10(3)7-9(2)12/h4-6,9-10H,7H2,1-3H3,(H,13,14). The third-order valence-corrected chi connectivity index (χ3v) is 2.44. The van der Waals surface area contributed by atoms with E-state index in [2.05, 4.69) is 53.1 Å². The Bertz CT molecular complexity index is 286. The molecule has 1 heterocycles. The number of anilines is 1. The van der Waals surface area contributed by atoms with Crippen LogP contribution < -0.4 is 5.32 Å². The molecular weight excluding hydrogens is 240 g/mol. The molecule has 1 aromatic heterocycles. The van der Waals surface area contributed by atoms with E-state index in [0.29, 0.717) is 10.9 Å². The lowest BCUT2D eigenvalue weighted by Crippen LogP contribution is -2.19. The Labute approximate surface area is 94.3 Å². The molecule has 2 atom stereocenters. The molecule has 0 spiro atoms. The molecule has 0 fully saturated rings. The molecule has 0 aliphatic carbocycles. The number of nitrogens with one attached hydrogen (secondary N) is 1. The van der Waals surface area contributed by atoms with Crippen LogP contribution in [0, 0.1) is 6.92 Å². The SMILES string of the molecule is Cc1cccnc1NC(C)CC(C)Br. The van der Waals surface area contributed by atoms with E-state index in [1.807, 2.05) is 12.3 Å². The highest BCUT2D eigenvalue weighted by atomic mass is 79.9. The van der Waals surface area contributed by atoms with Gasteiger partial charge in [-0.1, -0.05) is 28.9 Å². The number of hydrogen-bond acceptors (Lipinski definition) is 2. The molecule has 78 valence electrons. The van der Waals surface area contributed by atoms with E-state index in [1.165, 1.54) is 5.56 Å². The van der Waals surface area contributed by atoms with Gasteiger partial charge >= 0.3 is 0 Å². The molecule has 0 aliphatic rings. The average Bonchev–Trinajstić information content (AvgIpc) is 2.07. The number of nitrogens with zero attached hydrogens (tertiary/aromatic N) is 1. The summed E-state index contributed by atoms with van der Waals surface area (Å²) in [7, 11) is 0. The highest BCUT2D eigenvalue weighted by Crippen LogP contribution is 2.14. The van der Waals surface area contributed by atoms with Gasteiger partial charge in [-0.25, -0.2) is 4.98 Å². The predicted molar refractivity (Wildman–Crippen MR) is 65.1 cm³/mol. The van der Waals surface area contributed by atoms with Gasteiger partial charge in [-0.05, 0) is 31.9 Å². The summed E-state index contributed by atoms with van der Waals surface area (Å²) in [5, 5.41) is 3.40.